The molecule has 3 nitrogen and oxygen atoms in total. The molecule has 0 aromatic rings. The first-order chi connectivity index (χ1) is 5.66. The normalized spacial score (nSPS) is 42.0. The third-order valence-corrected chi connectivity index (χ3v) is 3.41. The lowest BCUT2D eigenvalue weighted by Gasteiger charge is -2.51. The summed E-state index contributed by atoms with van der Waals surface area (Å²) in [6, 6.07) is 0. The van der Waals surface area contributed by atoms with E-state index in [1.54, 1.807) is 0 Å². The summed E-state index contributed by atoms with van der Waals surface area (Å²) < 4.78 is 0. The third kappa shape index (κ3) is 0.891. The van der Waals surface area contributed by atoms with E-state index >= 15 is 0 Å². The zero-order chi connectivity index (χ0) is 8.77. The topological polar surface area (TPSA) is 35.8 Å². The predicted molar refractivity (Wildman–Crippen MR) is 47.6 cm³/mol. The molecule has 2 bridgehead atoms. The first-order valence-electron chi connectivity index (χ1n) is 4.63. The van der Waals surface area contributed by atoms with Crippen LogP contribution in [0.15, 0.2) is 5.16 Å². The molecule has 0 amide bonds. The highest BCUT2D eigenvalue weighted by Crippen LogP contribution is 2.36. The molecule has 0 atom stereocenters. The van der Waals surface area contributed by atoms with Crippen LogP contribution in [0.2, 0.25) is 0 Å². The summed E-state index contributed by atoms with van der Waals surface area (Å²) in [6.07, 6.45) is 2.34. The van der Waals surface area contributed by atoms with Gasteiger partial charge in [0.05, 0.1) is 11.3 Å². The molecule has 3 aliphatic rings. The number of nitrogens with zero attached hydrogens (tertiary/aromatic N) is 2. The second-order valence-corrected chi connectivity index (χ2v) is 4.31. The molecule has 3 fully saturated rings. The van der Waals surface area contributed by atoms with Gasteiger partial charge in [-0.2, -0.15) is 0 Å². The Balaban J connectivity index is 2.34. The van der Waals surface area contributed by atoms with E-state index in [2.05, 4.69) is 23.9 Å². The van der Waals surface area contributed by atoms with Gasteiger partial charge in [0, 0.05) is 5.92 Å². The van der Waals surface area contributed by atoms with Crippen molar-refractivity contribution in [1.82, 2.24) is 4.90 Å². The lowest BCUT2D eigenvalue weighted by Crippen LogP contribution is -2.61. The number of hydrogen-bond acceptors (Lipinski definition) is 3. The Morgan fingerprint density at radius 2 is 2.00 bits per heavy atom. The van der Waals surface area contributed by atoms with E-state index in [1.165, 1.54) is 12.8 Å². The molecule has 0 aromatic heterocycles. The average molecular weight is 168 g/mol. The van der Waals surface area contributed by atoms with Crippen LogP contribution in [-0.4, -0.2) is 34.4 Å². The van der Waals surface area contributed by atoms with Crippen LogP contribution in [0.4, 0.5) is 0 Å². The monoisotopic (exact) mass is 168 g/mol. The molecule has 0 aromatic carbocycles. The van der Waals surface area contributed by atoms with Crippen LogP contribution in [0.3, 0.4) is 0 Å². The molecule has 1 N–H and O–H groups in total. The number of rotatable bonds is 0. The Labute approximate surface area is 73.1 Å². The van der Waals surface area contributed by atoms with Gasteiger partial charge in [-0.1, -0.05) is 5.16 Å². The molecule has 3 heteroatoms. The molecule has 0 radical (unpaired) electrons. The Morgan fingerprint density at radius 3 is 2.33 bits per heavy atom. The quantitative estimate of drug-likeness (QED) is 0.437. The molecule has 12 heavy (non-hydrogen) atoms. The molecule has 0 unspecified atom stereocenters. The largest absolute Gasteiger partial charge is 0.411 e. The fraction of sp³-hybridized carbons (Fsp3) is 0.889. The highest BCUT2D eigenvalue weighted by molar-refractivity contribution is 5.95. The fourth-order valence-corrected chi connectivity index (χ4v) is 2.58. The van der Waals surface area contributed by atoms with Crippen LogP contribution in [0.1, 0.15) is 26.7 Å². The van der Waals surface area contributed by atoms with Gasteiger partial charge in [0.1, 0.15) is 0 Å². The van der Waals surface area contributed by atoms with E-state index in [-0.39, 0.29) is 5.54 Å². The summed E-state index contributed by atoms with van der Waals surface area (Å²) >= 11 is 0. The van der Waals surface area contributed by atoms with Crippen molar-refractivity contribution in [1.29, 1.82) is 0 Å². The van der Waals surface area contributed by atoms with E-state index in [9.17, 15) is 0 Å². The smallest absolute Gasteiger partial charge is 0.0799 e. The third-order valence-electron chi connectivity index (χ3n) is 3.41. The first-order valence-corrected chi connectivity index (χ1v) is 4.63. The molecule has 3 saturated heterocycles. The van der Waals surface area contributed by atoms with E-state index in [4.69, 9.17) is 5.21 Å². The van der Waals surface area contributed by atoms with Crippen LogP contribution in [0, 0.1) is 5.92 Å². The van der Waals surface area contributed by atoms with E-state index < -0.39 is 0 Å². The summed E-state index contributed by atoms with van der Waals surface area (Å²) in [6.45, 7) is 6.62. The van der Waals surface area contributed by atoms with Gasteiger partial charge >= 0.3 is 0 Å². The zero-order valence-corrected chi connectivity index (χ0v) is 7.75. The Morgan fingerprint density at radius 1 is 1.42 bits per heavy atom. The molecular weight excluding hydrogens is 152 g/mol. The van der Waals surface area contributed by atoms with Gasteiger partial charge in [-0.3, -0.25) is 4.90 Å². The van der Waals surface area contributed by atoms with Crippen molar-refractivity contribution >= 4 is 5.71 Å². The van der Waals surface area contributed by atoms with Crippen molar-refractivity contribution in [2.24, 2.45) is 11.1 Å². The average Bonchev–Trinajstić information content (AvgIpc) is 2.05. The van der Waals surface area contributed by atoms with Crippen molar-refractivity contribution in [3.63, 3.8) is 0 Å². The van der Waals surface area contributed by atoms with E-state index in [1.807, 2.05) is 0 Å². The minimum atomic E-state index is -0.00405. The lowest BCUT2D eigenvalue weighted by molar-refractivity contribution is 0.0883. The second-order valence-electron chi connectivity index (χ2n) is 4.31. The van der Waals surface area contributed by atoms with Gasteiger partial charge in [-0.05, 0) is 39.8 Å². The van der Waals surface area contributed by atoms with Crippen LogP contribution in [-0.2, 0) is 0 Å². The second kappa shape index (κ2) is 2.46. The van der Waals surface area contributed by atoms with Crippen molar-refractivity contribution in [3.05, 3.63) is 0 Å². The maximum Gasteiger partial charge on any atom is 0.0799 e. The number of hydrogen-bond donors (Lipinski definition) is 1. The summed E-state index contributed by atoms with van der Waals surface area (Å²) in [7, 11) is 0. The van der Waals surface area contributed by atoms with Crippen molar-refractivity contribution < 1.29 is 5.21 Å². The molecule has 0 saturated carbocycles. The fourth-order valence-electron chi connectivity index (χ4n) is 2.58. The summed E-state index contributed by atoms with van der Waals surface area (Å²) in [5, 5.41) is 12.4. The van der Waals surface area contributed by atoms with Gasteiger partial charge in [0.25, 0.3) is 0 Å². The standard InChI is InChI=1S/C9H16N2O/c1-9(2)8(10-12)7-3-5-11(9)6-4-7/h7,12H,3-6H2,1-2H3/b10-8-. The van der Waals surface area contributed by atoms with E-state index in [0.717, 1.165) is 18.8 Å². The molecular formula is C9H16N2O. The highest BCUT2D eigenvalue weighted by atomic mass is 16.4. The van der Waals surface area contributed by atoms with Crippen LogP contribution >= 0.6 is 0 Å². The first kappa shape index (κ1) is 8.05. The Hall–Kier alpha value is -0.570. The van der Waals surface area contributed by atoms with Gasteiger partial charge in [-0.25, -0.2) is 0 Å². The van der Waals surface area contributed by atoms with Crippen LogP contribution in [0.5, 0.6) is 0 Å². The van der Waals surface area contributed by atoms with E-state index in [0.29, 0.717) is 5.92 Å². The highest BCUT2D eigenvalue weighted by Gasteiger charge is 2.45. The molecule has 0 spiro atoms. The molecule has 3 heterocycles. The van der Waals surface area contributed by atoms with Crippen molar-refractivity contribution in [3.8, 4) is 0 Å². The maximum absolute atomic E-state index is 8.91. The maximum atomic E-state index is 8.91. The van der Waals surface area contributed by atoms with Gasteiger partial charge in [-0.15, -0.1) is 0 Å². The SMILES string of the molecule is CC1(C)/C(=N\O)C2CCN1CC2. The summed E-state index contributed by atoms with van der Waals surface area (Å²) in [5.41, 5.74) is 0.982. The predicted octanol–water partition coefficient (Wildman–Crippen LogP) is 1.32. The molecule has 3 aliphatic heterocycles. The number of fused-ring (bicyclic) bond motifs is 3. The Bertz CT molecular complexity index is 215. The summed E-state index contributed by atoms with van der Waals surface area (Å²) in [4.78, 5) is 2.40. The minimum Gasteiger partial charge on any atom is -0.411 e. The number of piperidine rings is 3. The van der Waals surface area contributed by atoms with Crippen LogP contribution < -0.4 is 0 Å². The zero-order valence-electron chi connectivity index (χ0n) is 7.75. The minimum absolute atomic E-state index is 0.00405. The van der Waals surface area contributed by atoms with Crippen LogP contribution in [0.25, 0.3) is 0 Å². The number of oxime groups is 1. The molecule has 3 rings (SSSR count). The van der Waals surface area contributed by atoms with Gasteiger partial charge in [0.2, 0.25) is 0 Å². The van der Waals surface area contributed by atoms with Gasteiger partial charge in [0.15, 0.2) is 0 Å². The Kier molecular flexibility index (Phi) is 1.65. The van der Waals surface area contributed by atoms with Crippen molar-refractivity contribution in [2.45, 2.75) is 32.2 Å². The van der Waals surface area contributed by atoms with Crippen molar-refractivity contribution in [2.75, 3.05) is 13.1 Å². The molecule has 68 valence electrons. The summed E-state index contributed by atoms with van der Waals surface area (Å²) in [5.74, 6) is 0.537. The van der Waals surface area contributed by atoms with Gasteiger partial charge < -0.3 is 5.21 Å². The lowest BCUT2D eigenvalue weighted by atomic mass is 9.74. The molecule has 0 aliphatic carbocycles.